The first-order chi connectivity index (χ1) is 9.34. The fourth-order valence-corrected chi connectivity index (χ4v) is 3.27. The Hall–Kier alpha value is -1.49. The van der Waals surface area contributed by atoms with Gasteiger partial charge in [-0.3, -0.25) is 0 Å². The third kappa shape index (κ3) is 2.68. The summed E-state index contributed by atoms with van der Waals surface area (Å²) in [6.45, 7) is 4.06. The Morgan fingerprint density at radius 2 is 1.95 bits per heavy atom. The zero-order valence-corrected chi connectivity index (χ0v) is 13.5. The van der Waals surface area contributed by atoms with Crippen molar-refractivity contribution in [3.63, 3.8) is 0 Å². The van der Waals surface area contributed by atoms with Gasteiger partial charge < -0.3 is 9.80 Å². The maximum absolute atomic E-state index is 11.7. The average Bonchev–Trinajstić information content (AvgIpc) is 2.60. The number of benzene rings is 1. The average molecular weight is 291 g/mol. The number of hydrogen-bond acceptors (Lipinski definition) is 3. The van der Waals surface area contributed by atoms with Crippen LogP contribution in [0.2, 0.25) is 0 Å². The molecular weight excluding hydrogens is 270 g/mol. The van der Waals surface area contributed by atoms with Gasteiger partial charge in [-0.1, -0.05) is 18.2 Å². The minimum atomic E-state index is -0.311. The van der Waals surface area contributed by atoms with E-state index in [0.29, 0.717) is 0 Å². The van der Waals surface area contributed by atoms with Gasteiger partial charge in [-0.05, 0) is 25.5 Å². The number of aliphatic imine (C=N–C) groups is 1. The molecule has 1 aromatic rings. The lowest BCUT2D eigenvalue weighted by Crippen LogP contribution is -2.42. The summed E-state index contributed by atoms with van der Waals surface area (Å²) in [7, 11) is 5.88. The number of nitrogens with zero attached hydrogens (tertiary/aromatic N) is 3. The van der Waals surface area contributed by atoms with Crippen molar-refractivity contribution < 1.29 is 4.79 Å². The number of carbonyl (C=O) groups excluding carboxylic acids is 1. The molecule has 1 aliphatic rings. The van der Waals surface area contributed by atoms with E-state index in [4.69, 9.17) is 0 Å². The smallest absolute Gasteiger partial charge is 0.344 e. The molecular formula is C15H21N3OS. The highest BCUT2D eigenvalue weighted by Crippen LogP contribution is 2.32. The lowest BCUT2D eigenvalue weighted by molar-refractivity contribution is 0.203. The third-order valence-electron chi connectivity index (χ3n) is 3.68. The molecule has 0 unspecified atom stereocenters. The molecule has 1 aromatic carbocycles. The zero-order chi connectivity index (χ0) is 14.9. The highest BCUT2D eigenvalue weighted by Gasteiger charge is 2.39. The Kier molecular flexibility index (Phi) is 4.09. The maximum atomic E-state index is 11.7. The van der Waals surface area contributed by atoms with E-state index in [2.05, 4.69) is 22.0 Å². The van der Waals surface area contributed by atoms with Gasteiger partial charge in [0, 0.05) is 32.6 Å². The number of rotatable bonds is 3. The highest BCUT2D eigenvalue weighted by atomic mass is 32.2. The van der Waals surface area contributed by atoms with E-state index in [0.717, 1.165) is 10.8 Å². The summed E-state index contributed by atoms with van der Waals surface area (Å²) in [6, 6.07) is 8.16. The molecule has 0 saturated heterocycles. The molecule has 0 spiro atoms. The SMILES string of the molecule is CN(C)c1ccccc1CSC1=NC(=O)N(C)C1(C)C. The second-order valence-corrected chi connectivity index (χ2v) is 6.59. The predicted molar refractivity (Wildman–Crippen MR) is 86.7 cm³/mol. The molecule has 0 fully saturated rings. The fraction of sp³-hybridized carbons (Fsp3) is 0.467. The largest absolute Gasteiger partial charge is 0.377 e. The first-order valence-electron chi connectivity index (χ1n) is 6.59. The topological polar surface area (TPSA) is 35.9 Å². The lowest BCUT2D eigenvalue weighted by atomic mass is 10.1. The van der Waals surface area contributed by atoms with Crippen LogP contribution in [0.25, 0.3) is 0 Å². The van der Waals surface area contributed by atoms with E-state index in [9.17, 15) is 4.79 Å². The van der Waals surface area contributed by atoms with Crippen molar-refractivity contribution in [1.82, 2.24) is 4.90 Å². The van der Waals surface area contributed by atoms with E-state index in [-0.39, 0.29) is 11.6 Å². The van der Waals surface area contributed by atoms with Gasteiger partial charge in [-0.2, -0.15) is 4.99 Å². The van der Waals surface area contributed by atoms with Crippen LogP contribution in [0.1, 0.15) is 19.4 Å². The van der Waals surface area contributed by atoms with Crippen LogP contribution in [0.15, 0.2) is 29.3 Å². The number of amides is 2. The Balaban J connectivity index is 2.14. The van der Waals surface area contributed by atoms with Gasteiger partial charge in [-0.25, -0.2) is 4.79 Å². The van der Waals surface area contributed by atoms with Gasteiger partial charge in [0.2, 0.25) is 0 Å². The second-order valence-electron chi connectivity index (χ2n) is 5.63. The Morgan fingerprint density at radius 3 is 2.50 bits per heavy atom. The summed E-state index contributed by atoms with van der Waals surface area (Å²) in [5, 5.41) is 0.888. The normalized spacial score (nSPS) is 17.4. The molecule has 0 N–H and O–H groups in total. The maximum Gasteiger partial charge on any atom is 0.344 e. The fourth-order valence-electron chi connectivity index (χ4n) is 2.11. The van der Waals surface area contributed by atoms with Gasteiger partial charge in [0.1, 0.15) is 5.04 Å². The molecule has 0 aliphatic carbocycles. The van der Waals surface area contributed by atoms with Crippen molar-refractivity contribution in [2.75, 3.05) is 26.0 Å². The van der Waals surface area contributed by atoms with Gasteiger partial charge in [-0.15, -0.1) is 11.8 Å². The van der Waals surface area contributed by atoms with Crippen LogP contribution in [0.3, 0.4) is 0 Å². The number of carbonyl (C=O) groups is 1. The van der Waals surface area contributed by atoms with Gasteiger partial charge in [0.25, 0.3) is 0 Å². The molecule has 2 rings (SSSR count). The summed E-state index contributed by atoms with van der Waals surface area (Å²) in [5.74, 6) is 0.817. The Bertz CT molecular complexity index is 552. The van der Waals surface area contributed by atoms with E-state index < -0.39 is 0 Å². The Morgan fingerprint density at radius 1 is 1.30 bits per heavy atom. The molecule has 1 heterocycles. The third-order valence-corrected chi connectivity index (χ3v) is 5.00. The van der Waals surface area contributed by atoms with E-state index in [1.165, 1.54) is 11.3 Å². The lowest BCUT2D eigenvalue weighted by Gasteiger charge is -2.28. The van der Waals surface area contributed by atoms with Crippen molar-refractivity contribution in [3.8, 4) is 0 Å². The van der Waals surface area contributed by atoms with Crippen LogP contribution < -0.4 is 4.90 Å². The minimum Gasteiger partial charge on any atom is -0.377 e. The predicted octanol–water partition coefficient (Wildman–Crippen LogP) is 3.23. The number of anilines is 1. The number of hydrogen-bond donors (Lipinski definition) is 0. The van der Waals surface area contributed by atoms with Crippen molar-refractivity contribution in [1.29, 1.82) is 0 Å². The molecule has 5 heteroatoms. The van der Waals surface area contributed by atoms with E-state index in [1.54, 1.807) is 23.7 Å². The first kappa shape index (κ1) is 14.9. The standard InChI is InChI=1S/C15H21N3OS/c1-15(2)13(16-14(19)18(15)5)20-10-11-8-6-7-9-12(11)17(3)4/h6-9H,10H2,1-5H3. The van der Waals surface area contributed by atoms with Gasteiger partial charge >= 0.3 is 6.03 Å². The molecule has 108 valence electrons. The molecule has 0 radical (unpaired) electrons. The van der Waals surface area contributed by atoms with Crippen LogP contribution in [-0.2, 0) is 5.75 Å². The quantitative estimate of drug-likeness (QED) is 0.858. The Labute approximate surface area is 124 Å². The zero-order valence-electron chi connectivity index (χ0n) is 12.7. The molecule has 0 saturated carbocycles. The van der Waals surface area contributed by atoms with E-state index >= 15 is 0 Å². The van der Waals surface area contributed by atoms with Crippen molar-refractivity contribution in [2.45, 2.75) is 25.1 Å². The summed E-state index contributed by atoms with van der Waals surface area (Å²) in [6.07, 6.45) is 0. The highest BCUT2D eigenvalue weighted by molar-refractivity contribution is 8.13. The summed E-state index contributed by atoms with van der Waals surface area (Å²) < 4.78 is 0. The second kappa shape index (κ2) is 5.48. The number of para-hydroxylation sites is 1. The number of thioether (sulfide) groups is 1. The van der Waals surface area contributed by atoms with Crippen LogP contribution >= 0.6 is 11.8 Å². The van der Waals surface area contributed by atoms with Crippen molar-refractivity contribution in [2.24, 2.45) is 4.99 Å². The molecule has 20 heavy (non-hydrogen) atoms. The molecule has 0 bridgehead atoms. The molecule has 0 aromatic heterocycles. The van der Waals surface area contributed by atoms with Crippen molar-refractivity contribution in [3.05, 3.63) is 29.8 Å². The van der Waals surface area contributed by atoms with Crippen LogP contribution in [0.4, 0.5) is 10.5 Å². The summed E-state index contributed by atoms with van der Waals surface area (Å²) in [4.78, 5) is 19.7. The molecule has 0 atom stereocenters. The monoisotopic (exact) mass is 291 g/mol. The first-order valence-corrected chi connectivity index (χ1v) is 7.57. The van der Waals surface area contributed by atoms with Gasteiger partial charge in [0.15, 0.2) is 0 Å². The minimum absolute atomic E-state index is 0.154. The van der Waals surface area contributed by atoms with Crippen LogP contribution in [0, 0.1) is 0 Å². The van der Waals surface area contributed by atoms with Crippen LogP contribution in [-0.4, -0.2) is 42.7 Å². The summed E-state index contributed by atoms with van der Waals surface area (Å²) in [5.41, 5.74) is 2.15. The molecule has 4 nitrogen and oxygen atoms in total. The van der Waals surface area contributed by atoms with E-state index in [1.807, 2.05) is 40.1 Å². The van der Waals surface area contributed by atoms with Gasteiger partial charge in [0.05, 0.1) is 5.54 Å². The molecule has 1 aliphatic heterocycles. The van der Waals surface area contributed by atoms with Crippen molar-refractivity contribution >= 4 is 28.5 Å². The summed E-state index contributed by atoms with van der Waals surface area (Å²) >= 11 is 1.64. The molecule has 2 amide bonds. The van der Waals surface area contributed by atoms with Crippen LogP contribution in [0.5, 0.6) is 0 Å². The number of urea groups is 1.